The summed E-state index contributed by atoms with van der Waals surface area (Å²) in [5.41, 5.74) is 0.418. The highest BCUT2D eigenvalue weighted by atomic mass is 35.5. The Morgan fingerprint density at radius 1 is 1.24 bits per heavy atom. The second-order valence-electron chi connectivity index (χ2n) is 6.10. The summed E-state index contributed by atoms with van der Waals surface area (Å²) in [6.45, 7) is 6.99. The third-order valence-electron chi connectivity index (χ3n) is 3.90. The first-order valence-corrected chi connectivity index (χ1v) is 6.92. The van der Waals surface area contributed by atoms with Gasteiger partial charge in [0.25, 0.3) is 0 Å². The van der Waals surface area contributed by atoms with Crippen molar-refractivity contribution in [3.8, 4) is 0 Å². The molecule has 0 aromatic carbocycles. The number of alkyl halides is 1. The molecule has 2 rings (SSSR count). The minimum Gasteiger partial charge on any atom is -0.339 e. The van der Waals surface area contributed by atoms with Gasteiger partial charge in [0, 0.05) is 5.92 Å². The molecule has 0 aliphatic heterocycles. The number of nitrogens with zero attached hydrogens (tertiary/aromatic N) is 2. The van der Waals surface area contributed by atoms with Gasteiger partial charge in [-0.2, -0.15) is 4.98 Å². The van der Waals surface area contributed by atoms with Crippen molar-refractivity contribution in [1.82, 2.24) is 10.1 Å². The number of halogens is 1. The molecule has 1 fully saturated rings. The van der Waals surface area contributed by atoms with Gasteiger partial charge in [-0.3, -0.25) is 0 Å². The summed E-state index contributed by atoms with van der Waals surface area (Å²) in [4.78, 5) is 4.33. The summed E-state index contributed by atoms with van der Waals surface area (Å²) in [5, 5.41) is 3.86. The summed E-state index contributed by atoms with van der Waals surface area (Å²) in [7, 11) is 0. The molecule has 0 bridgehead atoms. The van der Waals surface area contributed by atoms with Gasteiger partial charge in [0.15, 0.2) is 5.82 Å². The van der Waals surface area contributed by atoms with Gasteiger partial charge >= 0.3 is 0 Å². The third-order valence-corrected chi connectivity index (χ3v) is 4.14. The Kier molecular flexibility index (Phi) is 3.76. The molecule has 1 aliphatic rings. The second kappa shape index (κ2) is 4.97. The maximum Gasteiger partial charge on any atom is 0.229 e. The van der Waals surface area contributed by atoms with Crippen molar-refractivity contribution in [3.05, 3.63) is 11.7 Å². The van der Waals surface area contributed by atoms with Crippen molar-refractivity contribution in [2.24, 2.45) is 11.3 Å². The van der Waals surface area contributed by atoms with E-state index in [2.05, 4.69) is 30.9 Å². The van der Waals surface area contributed by atoms with Crippen LogP contribution >= 0.6 is 11.6 Å². The molecule has 4 heteroatoms. The highest BCUT2D eigenvalue weighted by Gasteiger charge is 2.32. The van der Waals surface area contributed by atoms with Gasteiger partial charge in [0.2, 0.25) is 5.89 Å². The Labute approximate surface area is 108 Å². The fourth-order valence-electron chi connectivity index (χ4n) is 2.69. The fraction of sp³-hybridized carbons (Fsp3) is 0.846. The van der Waals surface area contributed by atoms with E-state index in [0.717, 1.165) is 24.7 Å². The van der Waals surface area contributed by atoms with E-state index >= 15 is 0 Å². The Morgan fingerprint density at radius 3 is 2.35 bits per heavy atom. The molecular formula is C13H21ClN2O. The van der Waals surface area contributed by atoms with Crippen LogP contribution < -0.4 is 0 Å². The number of hydrogen-bond acceptors (Lipinski definition) is 3. The van der Waals surface area contributed by atoms with Gasteiger partial charge in [0.1, 0.15) is 0 Å². The van der Waals surface area contributed by atoms with E-state index in [0.29, 0.717) is 23.0 Å². The first-order chi connectivity index (χ1) is 8.00. The van der Waals surface area contributed by atoms with Crippen molar-refractivity contribution in [2.45, 2.75) is 58.3 Å². The van der Waals surface area contributed by atoms with Gasteiger partial charge in [-0.1, -0.05) is 25.9 Å². The first kappa shape index (κ1) is 12.9. The van der Waals surface area contributed by atoms with Crippen LogP contribution in [0.2, 0.25) is 0 Å². The first-order valence-electron chi connectivity index (χ1n) is 6.39. The molecular weight excluding hydrogens is 236 g/mol. The van der Waals surface area contributed by atoms with Crippen LogP contribution in [0, 0.1) is 11.3 Å². The van der Waals surface area contributed by atoms with Crippen LogP contribution in [-0.4, -0.2) is 10.1 Å². The van der Waals surface area contributed by atoms with Gasteiger partial charge in [-0.15, -0.1) is 11.6 Å². The van der Waals surface area contributed by atoms with Gasteiger partial charge in [-0.05, 0) is 37.0 Å². The molecule has 1 aromatic heterocycles. The minimum absolute atomic E-state index is 0.334. The summed E-state index contributed by atoms with van der Waals surface area (Å²) in [5.74, 6) is 2.99. The van der Waals surface area contributed by atoms with Gasteiger partial charge < -0.3 is 4.52 Å². The molecule has 17 heavy (non-hydrogen) atoms. The summed E-state index contributed by atoms with van der Waals surface area (Å²) in [6, 6.07) is 0. The number of aromatic nitrogens is 2. The standard InChI is InChI=1S/C13H21ClN2O/c1-13(2,3)10-6-4-9(5-7-10)12-15-11(8-14)16-17-12/h9-10H,4-8H2,1-3H3. The van der Waals surface area contributed by atoms with Crippen LogP contribution in [0.4, 0.5) is 0 Å². The second-order valence-corrected chi connectivity index (χ2v) is 6.36. The number of hydrogen-bond donors (Lipinski definition) is 0. The van der Waals surface area contributed by atoms with E-state index in [4.69, 9.17) is 16.1 Å². The molecule has 0 amide bonds. The van der Waals surface area contributed by atoms with Crippen LogP contribution in [0.5, 0.6) is 0 Å². The van der Waals surface area contributed by atoms with Crippen molar-refractivity contribution in [1.29, 1.82) is 0 Å². The molecule has 0 saturated heterocycles. The van der Waals surface area contributed by atoms with Crippen molar-refractivity contribution in [3.63, 3.8) is 0 Å². The van der Waals surface area contributed by atoms with Crippen molar-refractivity contribution in [2.75, 3.05) is 0 Å². The van der Waals surface area contributed by atoms with E-state index in [1.165, 1.54) is 12.8 Å². The summed E-state index contributed by atoms with van der Waals surface area (Å²) in [6.07, 6.45) is 4.83. The minimum atomic E-state index is 0.334. The molecule has 1 aliphatic carbocycles. The Bertz CT molecular complexity index is 362. The lowest BCUT2D eigenvalue weighted by atomic mass is 9.70. The topological polar surface area (TPSA) is 38.9 Å². The fourth-order valence-corrected chi connectivity index (χ4v) is 2.80. The van der Waals surface area contributed by atoms with E-state index in [-0.39, 0.29) is 0 Å². The largest absolute Gasteiger partial charge is 0.339 e. The molecule has 0 N–H and O–H groups in total. The maximum absolute atomic E-state index is 5.68. The highest BCUT2D eigenvalue weighted by Crippen LogP contribution is 2.42. The lowest BCUT2D eigenvalue weighted by molar-refractivity contribution is 0.159. The Morgan fingerprint density at radius 2 is 1.88 bits per heavy atom. The lowest BCUT2D eigenvalue weighted by Gasteiger charge is -2.35. The Balaban J connectivity index is 1.95. The van der Waals surface area contributed by atoms with Crippen LogP contribution in [0.3, 0.4) is 0 Å². The maximum atomic E-state index is 5.68. The normalized spacial score (nSPS) is 26.1. The molecule has 0 unspecified atom stereocenters. The summed E-state index contributed by atoms with van der Waals surface area (Å²) < 4.78 is 5.27. The van der Waals surface area contributed by atoms with Crippen LogP contribution in [0.25, 0.3) is 0 Å². The summed E-state index contributed by atoms with van der Waals surface area (Å²) >= 11 is 5.68. The van der Waals surface area contributed by atoms with E-state index in [1.807, 2.05) is 0 Å². The molecule has 0 atom stereocenters. The van der Waals surface area contributed by atoms with E-state index < -0.39 is 0 Å². The van der Waals surface area contributed by atoms with Crippen molar-refractivity contribution >= 4 is 11.6 Å². The quantitative estimate of drug-likeness (QED) is 0.747. The molecule has 3 nitrogen and oxygen atoms in total. The molecule has 1 aromatic rings. The average molecular weight is 257 g/mol. The zero-order chi connectivity index (χ0) is 12.5. The lowest BCUT2D eigenvalue weighted by Crippen LogP contribution is -2.25. The smallest absolute Gasteiger partial charge is 0.229 e. The molecule has 1 heterocycles. The predicted octanol–water partition coefficient (Wildman–Crippen LogP) is 4.13. The zero-order valence-corrected chi connectivity index (χ0v) is 11.6. The number of rotatable bonds is 2. The molecule has 96 valence electrons. The van der Waals surface area contributed by atoms with Crippen LogP contribution in [0.1, 0.15) is 64.1 Å². The van der Waals surface area contributed by atoms with E-state index in [1.54, 1.807) is 0 Å². The molecule has 0 radical (unpaired) electrons. The molecule has 0 spiro atoms. The monoisotopic (exact) mass is 256 g/mol. The third kappa shape index (κ3) is 3.01. The Hall–Kier alpha value is -0.570. The van der Waals surface area contributed by atoms with Crippen molar-refractivity contribution < 1.29 is 4.52 Å². The van der Waals surface area contributed by atoms with Crippen LogP contribution in [0.15, 0.2) is 4.52 Å². The van der Waals surface area contributed by atoms with Crippen LogP contribution in [-0.2, 0) is 5.88 Å². The molecule has 1 saturated carbocycles. The van der Waals surface area contributed by atoms with Gasteiger partial charge in [0.05, 0.1) is 5.88 Å². The van der Waals surface area contributed by atoms with E-state index in [9.17, 15) is 0 Å². The highest BCUT2D eigenvalue weighted by molar-refractivity contribution is 6.16. The zero-order valence-electron chi connectivity index (χ0n) is 10.9. The SMILES string of the molecule is CC(C)(C)C1CCC(c2nc(CCl)no2)CC1. The predicted molar refractivity (Wildman–Crippen MR) is 68.0 cm³/mol. The average Bonchev–Trinajstić information content (AvgIpc) is 2.76. The van der Waals surface area contributed by atoms with Gasteiger partial charge in [-0.25, -0.2) is 0 Å².